The predicted molar refractivity (Wildman–Crippen MR) is 76.0 cm³/mol. The average molecular weight is 265 g/mol. The second-order valence-corrected chi connectivity index (χ2v) is 5.97. The van der Waals surface area contributed by atoms with Gasteiger partial charge in [-0.2, -0.15) is 16.7 Å². The highest BCUT2D eigenvalue weighted by Gasteiger charge is 2.20. The van der Waals surface area contributed by atoms with Gasteiger partial charge in [0.05, 0.1) is 5.69 Å². The summed E-state index contributed by atoms with van der Waals surface area (Å²) < 4.78 is 0. The molecule has 2 aliphatic rings. The van der Waals surface area contributed by atoms with Gasteiger partial charge in [0.2, 0.25) is 5.95 Å². The molecule has 3 rings (SSSR count). The lowest BCUT2D eigenvalue weighted by Crippen LogP contribution is -2.34. The van der Waals surface area contributed by atoms with Crippen LogP contribution in [0.2, 0.25) is 0 Å². The number of fused-ring (bicyclic) bond motifs is 1. The summed E-state index contributed by atoms with van der Waals surface area (Å²) >= 11 is 1.99. The maximum Gasteiger partial charge on any atom is 0.227 e. The number of hydrazine groups is 1. The Morgan fingerprint density at radius 1 is 1.11 bits per heavy atom. The quantitative estimate of drug-likeness (QED) is 0.618. The molecule has 0 unspecified atom stereocenters. The molecule has 1 aromatic heterocycles. The van der Waals surface area contributed by atoms with E-state index >= 15 is 0 Å². The lowest BCUT2D eigenvalue weighted by Gasteiger charge is -2.28. The van der Waals surface area contributed by atoms with E-state index in [1.165, 1.54) is 24.1 Å². The molecule has 0 amide bonds. The van der Waals surface area contributed by atoms with Crippen molar-refractivity contribution < 1.29 is 0 Å². The van der Waals surface area contributed by atoms with Crippen molar-refractivity contribution >= 4 is 23.5 Å². The second-order valence-electron chi connectivity index (χ2n) is 4.75. The van der Waals surface area contributed by atoms with E-state index < -0.39 is 0 Å². The van der Waals surface area contributed by atoms with Gasteiger partial charge in [0.25, 0.3) is 0 Å². The van der Waals surface area contributed by atoms with Crippen LogP contribution in [-0.4, -0.2) is 34.6 Å². The molecule has 5 nitrogen and oxygen atoms in total. The molecular formula is C12H19N5S. The van der Waals surface area contributed by atoms with Crippen molar-refractivity contribution in [1.29, 1.82) is 0 Å². The minimum absolute atomic E-state index is 0.827. The standard InChI is InChI=1S/C12H19N5S/c13-16-11-9-3-1-2-4-10(9)14-12(15-11)17-5-7-18-8-6-17/h1-8,13H2,(H,14,15,16). The Morgan fingerprint density at radius 2 is 1.89 bits per heavy atom. The summed E-state index contributed by atoms with van der Waals surface area (Å²) in [6.07, 6.45) is 4.54. The Morgan fingerprint density at radius 3 is 2.67 bits per heavy atom. The molecule has 1 aliphatic carbocycles. The number of nitrogens with two attached hydrogens (primary N) is 1. The molecule has 0 atom stereocenters. The van der Waals surface area contributed by atoms with Crippen LogP contribution in [0, 0.1) is 0 Å². The van der Waals surface area contributed by atoms with Gasteiger partial charge in [-0.05, 0) is 25.7 Å². The van der Waals surface area contributed by atoms with Crippen molar-refractivity contribution in [3.05, 3.63) is 11.3 Å². The average Bonchev–Trinajstić information content (AvgIpc) is 2.47. The smallest absolute Gasteiger partial charge is 0.227 e. The largest absolute Gasteiger partial charge is 0.339 e. The molecule has 2 heterocycles. The van der Waals surface area contributed by atoms with Crippen molar-refractivity contribution in [3.63, 3.8) is 0 Å². The molecule has 0 aromatic carbocycles. The Hall–Kier alpha value is -1.01. The number of aryl methyl sites for hydroxylation is 1. The number of thioether (sulfide) groups is 1. The van der Waals surface area contributed by atoms with Crippen LogP contribution in [0.15, 0.2) is 0 Å². The summed E-state index contributed by atoms with van der Waals surface area (Å²) in [6, 6.07) is 0. The lowest BCUT2D eigenvalue weighted by molar-refractivity contribution is 0.659. The summed E-state index contributed by atoms with van der Waals surface area (Å²) in [5, 5.41) is 0. The van der Waals surface area contributed by atoms with Crippen molar-refractivity contribution in [3.8, 4) is 0 Å². The first kappa shape index (κ1) is 12.0. The number of hydrogen-bond acceptors (Lipinski definition) is 6. The highest BCUT2D eigenvalue weighted by molar-refractivity contribution is 7.99. The summed E-state index contributed by atoms with van der Waals surface area (Å²) in [5.41, 5.74) is 5.16. The zero-order valence-corrected chi connectivity index (χ0v) is 11.3. The Labute approximate surface area is 112 Å². The van der Waals surface area contributed by atoms with Crippen molar-refractivity contribution in [1.82, 2.24) is 9.97 Å². The van der Waals surface area contributed by atoms with Crippen molar-refractivity contribution in [2.45, 2.75) is 25.7 Å². The topological polar surface area (TPSA) is 67.1 Å². The summed E-state index contributed by atoms with van der Waals surface area (Å²) in [6.45, 7) is 2.07. The van der Waals surface area contributed by atoms with Crippen molar-refractivity contribution in [2.75, 3.05) is 34.9 Å². The first-order valence-corrected chi connectivity index (χ1v) is 7.73. The minimum atomic E-state index is 0.827. The molecule has 0 radical (unpaired) electrons. The zero-order chi connectivity index (χ0) is 12.4. The third kappa shape index (κ3) is 2.27. The fourth-order valence-electron chi connectivity index (χ4n) is 2.61. The monoisotopic (exact) mass is 265 g/mol. The van der Waals surface area contributed by atoms with Gasteiger partial charge in [-0.1, -0.05) is 0 Å². The van der Waals surface area contributed by atoms with E-state index in [9.17, 15) is 0 Å². The van der Waals surface area contributed by atoms with E-state index in [2.05, 4.69) is 15.3 Å². The number of nitrogens with one attached hydrogen (secondary N) is 1. The number of nitrogens with zero attached hydrogens (tertiary/aromatic N) is 3. The number of rotatable bonds is 2. The van der Waals surface area contributed by atoms with Gasteiger partial charge < -0.3 is 10.3 Å². The normalized spacial score (nSPS) is 19.5. The summed E-state index contributed by atoms with van der Waals surface area (Å²) in [4.78, 5) is 11.6. The Balaban J connectivity index is 1.94. The van der Waals surface area contributed by atoms with Crippen LogP contribution in [0.4, 0.5) is 11.8 Å². The van der Waals surface area contributed by atoms with E-state index in [1.54, 1.807) is 0 Å². The molecule has 18 heavy (non-hydrogen) atoms. The Kier molecular flexibility index (Phi) is 3.56. The minimum Gasteiger partial charge on any atom is -0.339 e. The van der Waals surface area contributed by atoms with Crippen LogP contribution in [0.1, 0.15) is 24.1 Å². The molecule has 1 aromatic rings. The molecule has 98 valence electrons. The van der Waals surface area contributed by atoms with E-state index in [1.807, 2.05) is 11.8 Å². The van der Waals surface area contributed by atoms with Gasteiger partial charge in [0.15, 0.2) is 0 Å². The molecule has 1 saturated heterocycles. The second kappa shape index (κ2) is 5.32. The van der Waals surface area contributed by atoms with Crippen molar-refractivity contribution in [2.24, 2.45) is 5.84 Å². The highest BCUT2D eigenvalue weighted by atomic mass is 32.2. The molecule has 0 saturated carbocycles. The van der Waals surface area contributed by atoms with Gasteiger partial charge in [-0.3, -0.25) is 0 Å². The third-order valence-corrected chi connectivity index (χ3v) is 4.54. The fraction of sp³-hybridized carbons (Fsp3) is 0.667. The summed E-state index contributed by atoms with van der Waals surface area (Å²) in [7, 11) is 0. The molecule has 0 spiro atoms. The number of aromatic nitrogens is 2. The lowest BCUT2D eigenvalue weighted by atomic mass is 9.96. The van der Waals surface area contributed by atoms with Crippen LogP contribution < -0.4 is 16.2 Å². The predicted octanol–water partition coefficient (Wildman–Crippen LogP) is 1.19. The Bertz CT molecular complexity index is 413. The van der Waals surface area contributed by atoms with Crippen LogP contribution in [0.5, 0.6) is 0 Å². The molecule has 6 heteroatoms. The van der Waals surface area contributed by atoms with Gasteiger partial charge >= 0.3 is 0 Å². The zero-order valence-electron chi connectivity index (χ0n) is 10.5. The summed E-state index contributed by atoms with van der Waals surface area (Å²) in [5.74, 6) is 9.60. The van der Waals surface area contributed by atoms with E-state index in [0.717, 1.165) is 49.2 Å². The van der Waals surface area contributed by atoms with E-state index in [4.69, 9.17) is 10.8 Å². The van der Waals surface area contributed by atoms with E-state index in [-0.39, 0.29) is 0 Å². The van der Waals surface area contributed by atoms with Crippen LogP contribution in [-0.2, 0) is 12.8 Å². The first-order chi connectivity index (χ1) is 8.88. The fourth-order valence-corrected chi connectivity index (χ4v) is 3.51. The molecule has 1 fully saturated rings. The highest BCUT2D eigenvalue weighted by Crippen LogP contribution is 2.27. The number of hydrogen-bond donors (Lipinski definition) is 2. The molecule has 3 N–H and O–H groups in total. The molecular weight excluding hydrogens is 246 g/mol. The van der Waals surface area contributed by atoms with Gasteiger partial charge in [-0.15, -0.1) is 0 Å². The third-order valence-electron chi connectivity index (χ3n) is 3.60. The van der Waals surface area contributed by atoms with Crippen LogP contribution in [0.3, 0.4) is 0 Å². The SMILES string of the molecule is NNc1nc(N2CCSCC2)nc2c1CCCC2. The number of nitrogen functional groups attached to an aromatic ring is 1. The maximum absolute atomic E-state index is 5.61. The maximum atomic E-state index is 5.61. The van der Waals surface area contributed by atoms with Gasteiger partial charge in [-0.25, -0.2) is 10.8 Å². The molecule has 1 aliphatic heterocycles. The van der Waals surface area contributed by atoms with Crippen LogP contribution >= 0.6 is 11.8 Å². The first-order valence-electron chi connectivity index (χ1n) is 6.57. The van der Waals surface area contributed by atoms with Gasteiger partial charge in [0.1, 0.15) is 5.82 Å². The number of anilines is 2. The molecule has 0 bridgehead atoms. The van der Waals surface area contributed by atoms with E-state index in [0.29, 0.717) is 0 Å². The van der Waals surface area contributed by atoms with Crippen LogP contribution in [0.25, 0.3) is 0 Å². The van der Waals surface area contributed by atoms with Gasteiger partial charge in [0, 0.05) is 30.2 Å².